The third kappa shape index (κ3) is 15.5. The first-order valence-corrected chi connectivity index (χ1v) is 36.2. The van der Waals surface area contributed by atoms with E-state index in [9.17, 15) is 38.4 Å². The van der Waals surface area contributed by atoms with Gasteiger partial charge in [0.25, 0.3) is 23.6 Å². The average Bonchev–Trinajstić information content (AvgIpc) is 1.51. The molecular weight excluding hydrogens is 1300 g/mol. The Labute approximate surface area is 595 Å². The standard InChI is InChI=1S/C78H94N8O14S/c1-46(71(90)81(10)45-78(8,9)101-67-39-70(89)82(74(67)93)42-48-21-23-51(24-22-48)75(94)100-86-68(87)25-26-69(86)88)29-47(2)85(77(6,7)27-28-99-76(3,4)5)54-31-49(43-97-65-37-59-57(35-63(65)95-11)72(91)83-55(40-79-59)33-52-17-13-15-19-61(52)83)30-50(32-54)44-98-66-38-60-58(36-64(66)96-12)73(92)84-56(41-80-60)34-53-18-14-16-20-62(53)84/h13-20,30-32,35-38,40,46-48,51,55-56,67,80H,21-29,33-34,39,41-45H2,1-12H3/t46?,47?,48?,51?,55-,56-,67?/m0/s1. The van der Waals surface area contributed by atoms with Crippen molar-refractivity contribution in [3.63, 3.8) is 0 Å². The largest absolute Gasteiger partial charge is 0.493 e. The molecule has 23 heteroatoms. The molecule has 6 heterocycles. The number of ether oxygens (including phenoxy) is 5. The summed E-state index contributed by atoms with van der Waals surface area (Å²) in [5.41, 5.74) is 7.36. The van der Waals surface area contributed by atoms with Crippen LogP contribution in [0.15, 0.2) is 96.0 Å². The molecule has 101 heavy (non-hydrogen) atoms. The Balaban J connectivity index is 0.778. The lowest BCUT2D eigenvalue weighted by Crippen LogP contribution is -2.51. The quantitative estimate of drug-likeness (QED) is 0.0535. The van der Waals surface area contributed by atoms with Crippen LogP contribution in [-0.4, -0.2) is 155 Å². The van der Waals surface area contributed by atoms with Gasteiger partial charge in [0.05, 0.1) is 65.6 Å². The molecule has 3 unspecified atom stereocenters. The zero-order valence-electron chi connectivity index (χ0n) is 60.1. The van der Waals surface area contributed by atoms with Gasteiger partial charge in [0.2, 0.25) is 17.7 Å². The van der Waals surface area contributed by atoms with Gasteiger partial charge in [-0.15, -0.1) is 16.8 Å². The molecule has 0 aromatic heterocycles. The molecule has 5 aromatic rings. The molecule has 12 rings (SSSR count). The number of likely N-dealkylation sites (tertiary alicyclic amines) is 1. The van der Waals surface area contributed by atoms with E-state index in [4.69, 9.17) is 33.5 Å². The third-order valence-corrected chi connectivity index (χ3v) is 21.9. The molecule has 1 saturated carbocycles. The number of hydrogen-bond acceptors (Lipinski definition) is 18. The van der Waals surface area contributed by atoms with Crippen LogP contribution in [-0.2, 0) is 64.4 Å². The Bertz CT molecular complexity index is 4090. The van der Waals surface area contributed by atoms with E-state index in [-0.39, 0.29) is 92.6 Å². The predicted octanol–water partition coefficient (Wildman–Crippen LogP) is 11.9. The van der Waals surface area contributed by atoms with Crippen molar-refractivity contribution in [1.82, 2.24) is 14.9 Å². The summed E-state index contributed by atoms with van der Waals surface area (Å²) in [5.74, 6) is -1.97. The fourth-order valence-electron chi connectivity index (χ4n) is 15.7. The Morgan fingerprint density at radius 1 is 0.703 bits per heavy atom. The minimum atomic E-state index is -0.638. The maximum absolute atomic E-state index is 14.8. The summed E-state index contributed by atoms with van der Waals surface area (Å²) in [5, 5.41) is 3.49. The van der Waals surface area contributed by atoms with Crippen LogP contribution in [0.4, 0.5) is 28.4 Å². The van der Waals surface area contributed by atoms with Gasteiger partial charge in [-0.1, -0.05) is 43.3 Å². The Kier molecular flexibility index (Phi) is 20.8. The van der Waals surface area contributed by atoms with Crippen LogP contribution in [0.5, 0.6) is 23.0 Å². The number of aliphatic imine (C=N–C) groups is 1. The lowest BCUT2D eigenvalue weighted by Gasteiger charge is -2.46. The highest BCUT2D eigenvalue weighted by molar-refractivity contribution is 8.02. The summed E-state index contributed by atoms with van der Waals surface area (Å²) < 4.78 is 31.3. The van der Waals surface area contributed by atoms with Crippen LogP contribution in [0.3, 0.4) is 0 Å². The number of carbonyl (C=O) groups is 8. The van der Waals surface area contributed by atoms with Gasteiger partial charge in [0.15, 0.2) is 23.0 Å². The van der Waals surface area contributed by atoms with E-state index >= 15 is 0 Å². The fraction of sp³-hybridized carbons (Fsp3) is 0.500. The van der Waals surface area contributed by atoms with E-state index in [0.29, 0.717) is 115 Å². The van der Waals surface area contributed by atoms with Gasteiger partial charge in [0.1, 0.15) is 13.2 Å². The van der Waals surface area contributed by atoms with Gasteiger partial charge in [-0.05, 0) is 171 Å². The van der Waals surface area contributed by atoms with E-state index in [2.05, 4.69) is 49.2 Å². The number of hydroxylamine groups is 2. The first-order chi connectivity index (χ1) is 48.1. The Morgan fingerprint density at radius 3 is 1.95 bits per heavy atom. The van der Waals surface area contributed by atoms with Crippen molar-refractivity contribution in [2.45, 2.75) is 185 Å². The SMILES string of the molecule is COc1cc2c(cc1OCc1cc(COc3cc4c(cc3OC)C(=O)N3c5ccccc5C[C@H]3CN4)cc(N(C(C)CC(C)C(=O)N(C)CC(C)(C)SC3CC(=O)N(CC4CCC(C(=O)ON5C(=O)CCC5=O)CC4)C3=O)C(C)(C)CCOC(C)(C)C)c1)N=C[C@@H]1Cc3ccccc3N1C2=O. The number of nitrogens with one attached hydrogen (secondary N) is 1. The number of rotatable bonds is 25. The zero-order valence-corrected chi connectivity index (χ0v) is 60.9. The maximum atomic E-state index is 14.8. The first kappa shape index (κ1) is 71.9. The summed E-state index contributed by atoms with van der Waals surface area (Å²) in [7, 11) is 4.90. The minimum absolute atomic E-state index is 0.0134. The molecule has 22 nitrogen and oxygen atoms in total. The molecule has 0 radical (unpaired) electrons. The van der Waals surface area contributed by atoms with Crippen LogP contribution < -0.4 is 39.0 Å². The van der Waals surface area contributed by atoms with E-state index in [1.54, 1.807) is 49.3 Å². The maximum Gasteiger partial charge on any atom is 0.336 e. The van der Waals surface area contributed by atoms with Crippen LogP contribution in [0.25, 0.3) is 0 Å². The minimum Gasteiger partial charge on any atom is -0.493 e. The molecule has 7 aliphatic rings. The lowest BCUT2D eigenvalue weighted by atomic mass is 9.82. The highest BCUT2D eigenvalue weighted by Crippen LogP contribution is 2.45. The lowest BCUT2D eigenvalue weighted by molar-refractivity contribution is -0.201. The molecule has 1 aliphatic carbocycles. The summed E-state index contributed by atoms with van der Waals surface area (Å²) >= 11 is 1.40. The fourth-order valence-corrected chi connectivity index (χ4v) is 17.2. The molecule has 5 atom stereocenters. The van der Waals surface area contributed by atoms with Gasteiger partial charge in [0, 0.05) is 117 Å². The van der Waals surface area contributed by atoms with Crippen molar-refractivity contribution in [3.8, 4) is 23.0 Å². The normalized spacial score (nSPS) is 20.8. The Morgan fingerprint density at radius 2 is 1.31 bits per heavy atom. The van der Waals surface area contributed by atoms with Crippen molar-refractivity contribution in [2.75, 3.05) is 67.5 Å². The molecule has 6 aliphatic heterocycles. The average molecular weight is 1400 g/mol. The van der Waals surface area contributed by atoms with Crippen LogP contribution in [0.2, 0.25) is 0 Å². The molecule has 0 spiro atoms. The van der Waals surface area contributed by atoms with Crippen LogP contribution in [0.1, 0.15) is 163 Å². The first-order valence-electron chi connectivity index (χ1n) is 35.3. The van der Waals surface area contributed by atoms with Gasteiger partial charge in [-0.25, -0.2) is 4.79 Å². The molecule has 1 N–H and O–H groups in total. The summed E-state index contributed by atoms with van der Waals surface area (Å²) in [4.78, 5) is 128. The van der Waals surface area contributed by atoms with Crippen LogP contribution >= 0.6 is 11.8 Å². The Hall–Kier alpha value is -8.96. The molecule has 0 bridgehead atoms. The predicted molar refractivity (Wildman–Crippen MR) is 386 cm³/mol. The third-order valence-electron chi connectivity index (χ3n) is 20.5. The van der Waals surface area contributed by atoms with Crippen molar-refractivity contribution in [2.24, 2.45) is 22.7 Å². The second-order valence-electron chi connectivity index (χ2n) is 30.2. The number of benzene rings is 5. The zero-order chi connectivity index (χ0) is 72.0. The summed E-state index contributed by atoms with van der Waals surface area (Å²) in [6.45, 7) is 20.2. The molecule has 5 aromatic carbocycles. The number of fused-ring (bicyclic) bond motifs is 8. The topological polar surface area (TPSA) is 236 Å². The monoisotopic (exact) mass is 1400 g/mol. The summed E-state index contributed by atoms with van der Waals surface area (Å²) in [6, 6.07) is 28.6. The number of anilines is 4. The number of hydrogen-bond donors (Lipinski definition) is 1. The van der Waals surface area contributed by atoms with E-state index in [1.165, 1.54) is 16.7 Å². The molecule has 536 valence electrons. The molecule has 2 saturated heterocycles. The number of methoxy groups -OCH3 is 2. The van der Waals surface area contributed by atoms with Crippen molar-refractivity contribution < 1.29 is 66.9 Å². The summed E-state index contributed by atoms with van der Waals surface area (Å²) in [6.07, 6.45) is 6.36. The number of nitrogens with zero attached hydrogens (tertiary/aromatic N) is 7. The highest BCUT2D eigenvalue weighted by atomic mass is 32.2. The molecular formula is C78H94N8O14S. The van der Waals surface area contributed by atoms with E-state index in [0.717, 1.165) is 45.7 Å². The van der Waals surface area contributed by atoms with Gasteiger partial charge in [-0.2, -0.15) is 0 Å². The van der Waals surface area contributed by atoms with Gasteiger partial charge < -0.3 is 48.5 Å². The van der Waals surface area contributed by atoms with E-state index in [1.807, 2.05) is 107 Å². The van der Waals surface area contributed by atoms with Gasteiger partial charge in [-0.3, -0.25) is 48.4 Å². The number of amides is 7. The molecule has 7 amide bonds. The smallest absolute Gasteiger partial charge is 0.336 e. The van der Waals surface area contributed by atoms with Crippen molar-refractivity contribution in [1.29, 1.82) is 0 Å². The highest BCUT2D eigenvalue weighted by Gasteiger charge is 2.46. The van der Waals surface area contributed by atoms with Crippen molar-refractivity contribution in [3.05, 3.63) is 124 Å². The van der Waals surface area contributed by atoms with Crippen molar-refractivity contribution >= 4 is 93.7 Å². The van der Waals surface area contributed by atoms with E-state index < -0.39 is 50.8 Å². The number of thioether (sulfide) groups is 1. The van der Waals surface area contributed by atoms with Crippen LogP contribution in [0, 0.1) is 17.8 Å². The second kappa shape index (κ2) is 29.2. The molecule has 3 fully saturated rings. The van der Waals surface area contributed by atoms with Gasteiger partial charge >= 0.3 is 5.97 Å². The number of carbonyl (C=O) groups excluding carboxylic acids is 8. The second-order valence-corrected chi connectivity index (χ2v) is 32.2. The number of para-hydroxylation sites is 2. The number of imide groups is 2.